The molecule has 1 nitrogen and oxygen atoms in total. The van der Waals surface area contributed by atoms with E-state index in [0.29, 0.717) is 17.0 Å². The van der Waals surface area contributed by atoms with E-state index in [1.807, 2.05) is 24.3 Å². The molecule has 0 aromatic heterocycles. The normalized spacial score (nSPS) is 12.4. The van der Waals surface area contributed by atoms with Crippen LogP contribution < -0.4 is 5.32 Å². The molecule has 0 heterocycles. The summed E-state index contributed by atoms with van der Waals surface area (Å²) >= 11 is 6.24. The fraction of sp³-hybridized carbons (Fsp3) is 0.294. The van der Waals surface area contributed by atoms with Gasteiger partial charge in [0.25, 0.3) is 0 Å². The minimum atomic E-state index is -0.563. The van der Waals surface area contributed by atoms with Gasteiger partial charge in [-0.15, -0.1) is 0 Å². The lowest BCUT2D eigenvalue weighted by molar-refractivity contribution is 0.508. The van der Waals surface area contributed by atoms with Crippen LogP contribution in [0.25, 0.3) is 0 Å². The van der Waals surface area contributed by atoms with Gasteiger partial charge in [0.1, 0.15) is 11.6 Å². The first-order valence-corrected chi connectivity index (χ1v) is 7.41. The molecule has 2 aromatic carbocycles. The maximum Gasteiger partial charge on any atom is 0.129 e. The van der Waals surface area contributed by atoms with Gasteiger partial charge in [-0.2, -0.15) is 0 Å². The Hall–Kier alpha value is -1.45. The quantitative estimate of drug-likeness (QED) is 0.800. The van der Waals surface area contributed by atoms with Crippen LogP contribution in [0.2, 0.25) is 5.02 Å². The molecule has 2 rings (SSSR count). The fourth-order valence-corrected chi connectivity index (χ4v) is 2.54. The topological polar surface area (TPSA) is 12.0 Å². The highest BCUT2D eigenvalue weighted by molar-refractivity contribution is 6.31. The van der Waals surface area contributed by atoms with Gasteiger partial charge in [0.2, 0.25) is 0 Å². The van der Waals surface area contributed by atoms with Crippen molar-refractivity contribution in [2.75, 3.05) is 6.54 Å². The molecule has 0 aliphatic rings. The summed E-state index contributed by atoms with van der Waals surface area (Å²) in [5, 5.41) is 4.02. The van der Waals surface area contributed by atoms with Gasteiger partial charge in [0.05, 0.1) is 0 Å². The number of halogens is 3. The van der Waals surface area contributed by atoms with Crippen LogP contribution >= 0.6 is 11.6 Å². The summed E-state index contributed by atoms with van der Waals surface area (Å²) in [6.45, 7) is 2.87. The average molecular weight is 310 g/mol. The first-order valence-electron chi connectivity index (χ1n) is 7.03. The molecular weight excluding hydrogens is 292 g/mol. The molecule has 1 unspecified atom stereocenters. The lowest BCUT2D eigenvalue weighted by atomic mass is 9.98. The zero-order valence-corrected chi connectivity index (χ0v) is 12.6. The summed E-state index contributed by atoms with van der Waals surface area (Å²) < 4.78 is 26.8. The Labute approximate surface area is 128 Å². The van der Waals surface area contributed by atoms with Crippen LogP contribution in [0, 0.1) is 11.6 Å². The summed E-state index contributed by atoms with van der Waals surface area (Å²) in [7, 11) is 0. The average Bonchev–Trinajstić information content (AvgIpc) is 2.46. The molecule has 0 aliphatic carbocycles. The summed E-state index contributed by atoms with van der Waals surface area (Å²) in [5.74, 6) is -1.09. The summed E-state index contributed by atoms with van der Waals surface area (Å²) in [6, 6.07) is 11.1. The van der Waals surface area contributed by atoms with Crippen LogP contribution in [0.15, 0.2) is 42.5 Å². The molecule has 0 spiro atoms. The summed E-state index contributed by atoms with van der Waals surface area (Å²) in [6.07, 6.45) is 1.39. The molecule has 2 aromatic rings. The number of benzene rings is 2. The molecule has 0 amide bonds. The highest BCUT2D eigenvalue weighted by atomic mass is 35.5. The van der Waals surface area contributed by atoms with Crippen molar-refractivity contribution in [3.63, 3.8) is 0 Å². The lowest BCUT2D eigenvalue weighted by Gasteiger charge is -2.20. The van der Waals surface area contributed by atoms with Crippen molar-refractivity contribution in [3.05, 3.63) is 70.2 Å². The highest BCUT2D eigenvalue weighted by Crippen LogP contribution is 2.26. The van der Waals surface area contributed by atoms with Gasteiger partial charge in [-0.25, -0.2) is 8.78 Å². The van der Waals surface area contributed by atoms with Gasteiger partial charge in [0.15, 0.2) is 0 Å². The zero-order valence-electron chi connectivity index (χ0n) is 11.9. The van der Waals surface area contributed by atoms with E-state index in [1.54, 1.807) is 0 Å². The van der Waals surface area contributed by atoms with Crippen molar-refractivity contribution in [1.82, 2.24) is 5.32 Å². The second-order valence-electron chi connectivity index (χ2n) is 4.97. The van der Waals surface area contributed by atoms with Crippen molar-refractivity contribution in [2.24, 2.45) is 0 Å². The molecule has 0 saturated heterocycles. The van der Waals surface area contributed by atoms with Crippen molar-refractivity contribution in [3.8, 4) is 0 Å². The molecule has 112 valence electrons. The van der Waals surface area contributed by atoms with E-state index in [4.69, 9.17) is 11.6 Å². The predicted molar refractivity (Wildman–Crippen MR) is 82.5 cm³/mol. The van der Waals surface area contributed by atoms with Crippen molar-refractivity contribution >= 4 is 11.6 Å². The SMILES string of the molecule is CCCNC(Cc1ccc(F)cc1F)c1ccccc1Cl. The minimum Gasteiger partial charge on any atom is -0.310 e. The van der Waals surface area contributed by atoms with E-state index in [1.165, 1.54) is 12.1 Å². The minimum absolute atomic E-state index is 0.0985. The molecule has 0 radical (unpaired) electrons. The lowest BCUT2D eigenvalue weighted by Crippen LogP contribution is -2.24. The molecule has 1 atom stereocenters. The summed E-state index contributed by atoms with van der Waals surface area (Å²) in [4.78, 5) is 0. The maximum absolute atomic E-state index is 13.8. The zero-order chi connectivity index (χ0) is 15.2. The first-order chi connectivity index (χ1) is 10.1. The molecule has 4 heteroatoms. The highest BCUT2D eigenvalue weighted by Gasteiger charge is 2.16. The van der Waals surface area contributed by atoms with E-state index < -0.39 is 11.6 Å². The predicted octanol–water partition coefficient (Wildman–Crippen LogP) is 4.90. The van der Waals surface area contributed by atoms with Gasteiger partial charge in [-0.1, -0.05) is 42.8 Å². The van der Waals surface area contributed by atoms with E-state index in [0.717, 1.165) is 24.6 Å². The van der Waals surface area contributed by atoms with Crippen molar-refractivity contribution in [1.29, 1.82) is 0 Å². The molecule has 0 saturated carbocycles. The van der Waals surface area contributed by atoms with E-state index in [9.17, 15) is 8.78 Å². The number of hydrogen-bond acceptors (Lipinski definition) is 1. The monoisotopic (exact) mass is 309 g/mol. The second-order valence-corrected chi connectivity index (χ2v) is 5.38. The van der Waals surface area contributed by atoms with E-state index in [2.05, 4.69) is 12.2 Å². The van der Waals surface area contributed by atoms with Gasteiger partial charge in [-0.05, 0) is 42.6 Å². The van der Waals surface area contributed by atoms with E-state index >= 15 is 0 Å². The third-order valence-corrected chi connectivity index (χ3v) is 3.70. The molecule has 0 fully saturated rings. The number of hydrogen-bond donors (Lipinski definition) is 1. The first kappa shape index (κ1) is 15.9. The largest absolute Gasteiger partial charge is 0.310 e. The smallest absolute Gasteiger partial charge is 0.129 e. The molecule has 0 aliphatic heterocycles. The Kier molecular flexibility index (Phi) is 5.71. The van der Waals surface area contributed by atoms with Crippen LogP contribution in [0.3, 0.4) is 0 Å². The van der Waals surface area contributed by atoms with Crippen LogP contribution in [-0.2, 0) is 6.42 Å². The van der Waals surface area contributed by atoms with Crippen molar-refractivity contribution in [2.45, 2.75) is 25.8 Å². The fourth-order valence-electron chi connectivity index (χ4n) is 2.28. The van der Waals surface area contributed by atoms with Crippen molar-refractivity contribution < 1.29 is 8.78 Å². The molecule has 21 heavy (non-hydrogen) atoms. The Bertz CT molecular complexity index is 601. The Morgan fingerprint density at radius 3 is 2.57 bits per heavy atom. The third-order valence-electron chi connectivity index (χ3n) is 3.36. The van der Waals surface area contributed by atoms with Gasteiger partial charge < -0.3 is 5.32 Å². The van der Waals surface area contributed by atoms with Crippen LogP contribution in [0.4, 0.5) is 8.78 Å². The molecule has 0 bridgehead atoms. The Balaban J connectivity index is 2.26. The van der Waals surface area contributed by atoms with Crippen LogP contribution in [-0.4, -0.2) is 6.54 Å². The molecule has 1 N–H and O–H groups in total. The molecular formula is C17H18ClF2N. The second kappa shape index (κ2) is 7.53. The maximum atomic E-state index is 13.8. The van der Waals surface area contributed by atoms with Gasteiger partial charge >= 0.3 is 0 Å². The standard InChI is InChI=1S/C17H18ClF2N/c1-2-9-21-17(14-5-3-4-6-15(14)18)10-12-7-8-13(19)11-16(12)20/h3-8,11,17,21H,2,9-10H2,1H3. The Morgan fingerprint density at radius 1 is 1.14 bits per heavy atom. The van der Waals surface area contributed by atoms with Crippen LogP contribution in [0.1, 0.15) is 30.5 Å². The number of rotatable bonds is 6. The van der Waals surface area contributed by atoms with Gasteiger partial charge in [-0.3, -0.25) is 0 Å². The summed E-state index contributed by atoms with van der Waals surface area (Å²) in [5.41, 5.74) is 1.40. The third kappa shape index (κ3) is 4.26. The van der Waals surface area contributed by atoms with E-state index in [-0.39, 0.29) is 6.04 Å². The Morgan fingerprint density at radius 2 is 1.90 bits per heavy atom. The van der Waals surface area contributed by atoms with Gasteiger partial charge in [0, 0.05) is 17.1 Å². The number of nitrogens with one attached hydrogen (secondary N) is 1. The van der Waals surface area contributed by atoms with Crippen LogP contribution in [0.5, 0.6) is 0 Å².